The Morgan fingerprint density at radius 2 is 2.33 bits per heavy atom. The van der Waals surface area contributed by atoms with Gasteiger partial charge in [-0.05, 0) is 30.2 Å². The molecule has 1 unspecified atom stereocenters. The summed E-state index contributed by atoms with van der Waals surface area (Å²) in [6.45, 7) is 3.41. The first kappa shape index (κ1) is 13.5. The van der Waals surface area contributed by atoms with Crippen molar-refractivity contribution in [3.05, 3.63) is 28.2 Å². The highest BCUT2D eigenvalue weighted by molar-refractivity contribution is 9.10. The van der Waals surface area contributed by atoms with E-state index in [1.807, 2.05) is 18.2 Å². The van der Waals surface area contributed by atoms with Crippen molar-refractivity contribution < 1.29 is 14.3 Å². The Bertz CT molecular complexity index is 430. The normalized spacial score (nSPS) is 19.6. The number of ether oxygens (including phenoxy) is 2. The second kappa shape index (κ2) is 6.31. The predicted molar refractivity (Wildman–Crippen MR) is 72.7 cm³/mol. The zero-order chi connectivity index (χ0) is 13.0. The lowest BCUT2D eigenvalue weighted by molar-refractivity contribution is -0.142. The number of hydrogen-bond acceptors (Lipinski definition) is 3. The molecule has 1 aliphatic rings. The van der Waals surface area contributed by atoms with Gasteiger partial charge in [-0.2, -0.15) is 0 Å². The summed E-state index contributed by atoms with van der Waals surface area (Å²) in [6, 6.07) is 5.81. The van der Waals surface area contributed by atoms with Crippen LogP contribution in [0.3, 0.4) is 0 Å². The summed E-state index contributed by atoms with van der Waals surface area (Å²) in [4.78, 5) is 12.0. The molecule has 1 amide bonds. The van der Waals surface area contributed by atoms with Crippen molar-refractivity contribution in [3.63, 3.8) is 0 Å². The Morgan fingerprint density at radius 1 is 1.50 bits per heavy atom. The van der Waals surface area contributed by atoms with E-state index >= 15 is 0 Å². The van der Waals surface area contributed by atoms with Gasteiger partial charge in [0.2, 0.25) is 0 Å². The van der Waals surface area contributed by atoms with Gasteiger partial charge in [-0.25, -0.2) is 0 Å². The summed E-state index contributed by atoms with van der Waals surface area (Å²) in [6.07, 6.45) is 0.351. The molecule has 0 bridgehead atoms. The molecule has 1 saturated heterocycles. The van der Waals surface area contributed by atoms with Crippen molar-refractivity contribution in [2.75, 3.05) is 25.1 Å². The van der Waals surface area contributed by atoms with Crippen LogP contribution in [0.4, 0.5) is 5.69 Å². The standard InChI is InChI=1S/C13H16BrNO3/c1-2-9-7-10(14)3-4-11(9)15-13(16)12-8-17-5-6-18-12/h3-4,7,12H,2,5-6,8H2,1H3,(H,15,16). The third-order valence-corrected chi connectivity index (χ3v) is 3.31. The number of anilines is 1. The fraction of sp³-hybridized carbons (Fsp3) is 0.462. The van der Waals surface area contributed by atoms with Crippen molar-refractivity contribution >= 4 is 27.5 Å². The number of aryl methyl sites for hydroxylation is 1. The number of nitrogens with one attached hydrogen (secondary N) is 1. The van der Waals surface area contributed by atoms with Gasteiger partial charge in [-0.1, -0.05) is 22.9 Å². The lowest BCUT2D eigenvalue weighted by Gasteiger charge is -2.22. The monoisotopic (exact) mass is 313 g/mol. The number of amides is 1. The Labute approximate surface area is 115 Å². The van der Waals surface area contributed by atoms with Gasteiger partial charge in [0.05, 0.1) is 19.8 Å². The van der Waals surface area contributed by atoms with Crippen LogP contribution in [0.2, 0.25) is 0 Å². The van der Waals surface area contributed by atoms with Crippen molar-refractivity contribution in [3.8, 4) is 0 Å². The van der Waals surface area contributed by atoms with E-state index < -0.39 is 6.10 Å². The molecular formula is C13H16BrNO3. The average Bonchev–Trinajstić information content (AvgIpc) is 2.41. The van der Waals surface area contributed by atoms with Crippen molar-refractivity contribution in [1.82, 2.24) is 0 Å². The molecule has 1 aliphatic heterocycles. The molecule has 5 heteroatoms. The van der Waals surface area contributed by atoms with Gasteiger partial charge in [0.1, 0.15) is 0 Å². The zero-order valence-corrected chi connectivity index (χ0v) is 11.8. The van der Waals surface area contributed by atoms with Gasteiger partial charge in [0.25, 0.3) is 5.91 Å². The van der Waals surface area contributed by atoms with E-state index in [0.717, 1.165) is 22.1 Å². The number of benzene rings is 1. The van der Waals surface area contributed by atoms with E-state index in [1.165, 1.54) is 0 Å². The van der Waals surface area contributed by atoms with Crippen LogP contribution in [0.5, 0.6) is 0 Å². The maximum Gasteiger partial charge on any atom is 0.255 e. The molecule has 0 spiro atoms. The lowest BCUT2D eigenvalue weighted by Crippen LogP contribution is -2.39. The van der Waals surface area contributed by atoms with Gasteiger partial charge in [-0.3, -0.25) is 4.79 Å². The quantitative estimate of drug-likeness (QED) is 0.932. The Balaban J connectivity index is 2.06. The topological polar surface area (TPSA) is 47.6 Å². The number of halogens is 1. The van der Waals surface area contributed by atoms with E-state index in [1.54, 1.807) is 0 Å². The molecule has 1 N–H and O–H groups in total. The van der Waals surface area contributed by atoms with Crippen LogP contribution in [0.1, 0.15) is 12.5 Å². The Morgan fingerprint density at radius 3 is 3.00 bits per heavy atom. The molecule has 1 aromatic rings. The summed E-state index contributed by atoms with van der Waals surface area (Å²) >= 11 is 3.42. The van der Waals surface area contributed by atoms with Crippen molar-refractivity contribution in [2.45, 2.75) is 19.4 Å². The van der Waals surface area contributed by atoms with Crippen molar-refractivity contribution in [2.24, 2.45) is 0 Å². The number of carbonyl (C=O) groups is 1. The van der Waals surface area contributed by atoms with Crippen LogP contribution in [0, 0.1) is 0 Å². The van der Waals surface area contributed by atoms with Crippen LogP contribution in [-0.4, -0.2) is 31.8 Å². The summed E-state index contributed by atoms with van der Waals surface area (Å²) in [5.41, 5.74) is 1.93. The minimum absolute atomic E-state index is 0.147. The highest BCUT2D eigenvalue weighted by Crippen LogP contribution is 2.22. The highest BCUT2D eigenvalue weighted by atomic mass is 79.9. The third-order valence-electron chi connectivity index (χ3n) is 2.81. The fourth-order valence-corrected chi connectivity index (χ4v) is 2.24. The molecule has 0 saturated carbocycles. The first-order valence-electron chi connectivity index (χ1n) is 5.99. The van der Waals surface area contributed by atoms with E-state index in [2.05, 4.69) is 28.2 Å². The molecule has 1 atom stereocenters. The van der Waals surface area contributed by atoms with Crippen LogP contribution < -0.4 is 5.32 Å². The molecular weight excluding hydrogens is 298 g/mol. The summed E-state index contributed by atoms with van der Waals surface area (Å²) in [5, 5.41) is 2.89. The second-order valence-electron chi connectivity index (χ2n) is 4.08. The minimum Gasteiger partial charge on any atom is -0.376 e. The van der Waals surface area contributed by atoms with Crippen LogP contribution in [0.15, 0.2) is 22.7 Å². The average molecular weight is 314 g/mol. The SMILES string of the molecule is CCc1cc(Br)ccc1NC(=O)C1COCCO1. The summed E-state index contributed by atoms with van der Waals surface area (Å²) in [5.74, 6) is -0.147. The first-order valence-corrected chi connectivity index (χ1v) is 6.78. The van der Waals surface area contributed by atoms with Gasteiger partial charge in [0.15, 0.2) is 6.10 Å². The molecule has 0 aromatic heterocycles. The van der Waals surface area contributed by atoms with Crippen LogP contribution in [-0.2, 0) is 20.7 Å². The molecule has 0 aliphatic carbocycles. The molecule has 18 heavy (non-hydrogen) atoms. The predicted octanol–water partition coefficient (Wildman–Crippen LogP) is 2.37. The molecule has 1 aromatic carbocycles. The molecule has 0 radical (unpaired) electrons. The van der Waals surface area contributed by atoms with E-state index in [0.29, 0.717) is 19.8 Å². The number of hydrogen-bond donors (Lipinski definition) is 1. The van der Waals surface area contributed by atoms with Gasteiger partial charge in [0, 0.05) is 10.2 Å². The first-order chi connectivity index (χ1) is 8.70. The lowest BCUT2D eigenvalue weighted by atomic mass is 10.1. The zero-order valence-electron chi connectivity index (χ0n) is 10.2. The van der Waals surface area contributed by atoms with Gasteiger partial charge in [-0.15, -0.1) is 0 Å². The van der Waals surface area contributed by atoms with E-state index in [9.17, 15) is 4.79 Å². The van der Waals surface area contributed by atoms with Crippen LogP contribution >= 0.6 is 15.9 Å². The van der Waals surface area contributed by atoms with Gasteiger partial charge >= 0.3 is 0 Å². The molecule has 1 heterocycles. The van der Waals surface area contributed by atoms with Crippen molar-refractivity contribution in [1.29, 1.82) is 0 Å². The van der Waals surface area contributed by atoms with Gasteiger partial charge < -0.3 is 14.8 Å². The molecule has 1 fully saturated rings. The summed E-state index contributed by atoms with van der Waals surface area (Å²) < 4.78 is 11.6. The molecule has 98 valence electrons. The Hall–Kier alpha value is -0.910. The third kappa shape index (κ3) is 3.31. The van der Waals surface area contributed by atoms with E-state index in [-0.39, 0.29) is 5.91 Å². The number of rotatable bonds is 3. The smallest absolute Gasteiger partial charge is 0.255 e. The number of carbonyl (C=O) groups excluding carboxylic acids is 1. The van der Waals surface area contributed by atoms with E-state index in [4.69, 9.17) is 9.47 Å². The summed E-state index contributed by atoms with van der Waals surface area (Å²) in [7, 11) is 0. The maximum atomic E-state index is 12.0. The largest absolute Gasteiger partial charge is 0.376 e. The Kier molecular flexibility index (Phi) is 4.74. The van der Waals surface area contributed by atoms with Crippen LogP contribution in [0.25, 0.3) is 0 Å². The minimum atomic E-state index is -0.507. The highest BCUT2D eigenvalue weighted by Gasteiger charge is 2.23. The fourth-order valence-electron chi connectivity index (χ4n) is 1.83. The molecule has 2 rings (SSSR count). The maximum absolute atomic E-state index is 12.0. The second-order valence-corrected chi connectivity index (χ2v) is 4.99. The molecule has 4 nitrogen and oxygen atoms in total.